The fraction of sp³-hybridized carbons (Fsp3) is 0.529. The second kappa shape index (κ2) is 9.39. The van der Waals surface area contributed by atoms with Crippen LogP contribution in [0.5, 0.6) is 0 Å². The van der Waals surface area contributed by atoms with E-state index in [1.54, 1.807) is 0 Å². The Kier molecular flexibility index (Phi) is 5.98. The van der Waals surface area contributed by atoms with E-state index < -0.39 is 0 Å². The molecule has 5 aliphatic carbocycles. The lowest BCUT2D eigenvalue weighted by Gasteiger charge is -2.59. The van der Waals surface area contributed by atoms with Crippen LogP contribution in [0.2, 0.25) is 0 Å². The van der Waals surface area contributed by atoms with Gasteiger partial charge in [-0.25, -0.2) is 0 Å². The van der Waals surface area contributed by atoms with Crippen molar-refractivity contribution in [2.75, 3.05) is 0 Å². The van der Waals surface area contributed by atoms with Crippen LogP contribution >= 0.6 is 0 Å². The zero-order valence-electron chi connectivity index (χ0n) is 23.0. The van der Waals surface area contributed by atoms with Gasteiger partial charge in [0.05, 0.1) is 23.9 Å². The number of hydrogen-bond donors (Lipinski definition) is 1. The first-order valence-electron chi connectivity index (χ1n) is 15.0. The molecule has 38 heavy (non-hydrogen) atoms. The first kappa shape index (κ1) is 24.2. The van der Waals surface area contributed by atoms with Gasteiger partial charge in [-0.1, -0.05) is 60.2 Å². The quantitative estimate of drug-likeness (QED) is 0.389. The Morgan fingerprint density at radius 1 is 1.00 bits per heavy atom. The van der Waals surface area contributed by atoms with Gasteiger partial charge < -0.3 is 5.32 Å². The normalized spacial score (nSPS) is 30.2. The highest BCUT2D eigenvalue weighted by Crippen LogP contribution is 2.61. The second-order valence-electron chi connectivity index (χ2n) is 13.2. The van der Waals surface area contributed by atoms with Crippen LogP contribution in [-0.4, -0.2) is 21.7 Å². The molecule has 8 rings (SSSR count). The number of amides is 1. The van der Waals surface area contributed by atoms with Gasteiger partial charge in [-0.3, -0.25) is 9.48 Å². The predicted molar refractivity (Wildman–Crippen MR) is 152 cm³/mol. The van der Waals surface area contributed by atoms with Crippen molar-refractivity contribution in [1.82, 2.24) is 15.1 Å². The Bertz CT molecular complexity index is 1290. The fourth-order valence-electron chi connectivity index (χ4n) is 9.00. The van der Waals surface area contributed by atoms with E-state index in [9.17, 15) is 4.79 Å². The maximum atomic E-state index is 14.0. The van der Waals surface area contributed by atoms with E-state index in [4.69, 9.17) is 5.10 Å². The molecule has 2 unspecified atom stereocenters. The van der Waals surface area contributed by atoms with Gasteiger partial charge in [0.2, 0.25) is 5.91 Å². The minimum absolute atomic E-state index is 0.156. The molecular weight excluding hydrogens is 466 g/mol. The molecule has 4 bridgehead atoms. The van der Waals surface area contributed by atoms with Gasteiger partial charge in [-0.15, -0.1) is 0 Å². The van der Waals surface area contributed by atoms with Gasteiger partial charge in [0, 0.05) is 17.2 Å². The van der Waals surface area contributed by atoms with Crippen molar-refractivity contribution in [2.45, 2.75) is 90.1 Å². The number of fused-ring (bicyclic) bond motifs is 1. The summed E-state index contributed by atoms with van der Waals surface area (Å²) < 4.78 is 2.17. The summed E-state index contributed by atoms with van der Waals surface area (Å²) in [6.07, 6.45) is 11.2. The van der Waals surface area contributed by atoms with E-state index >= 15 is 0 Å². The topological polar surface area (TPSA) is 46.9 Å². The monoisotopic (exact) mass is 507 g/mol. The molecule has 1 heterocycles. The molecule has 0 radical (unpaired) electrons. The number of aryl methyl sites for hydroxylation is 1. The molecule has 1 N–H and O–H groups in total. The highest BCUT2D eigenvalue weighted by molar-refractivity contribution is 5.85. The SMILES string of the molecule is Cc1ccc(-c2c3c(nn2Cc2ccccc2)C(C(=O)NC(C)C24CC5CC(CC(C5)C2)C4)CCC3)cc1. The van der Waals surface area contributed by atoms with E-state index in [1.165, 1.54) is 66.5 Å². The number of carbonyl (C=O) groups is 1. The zero-order chi connectivity index (χ0) is 25.9. The smallest absolute Gasteiger partial charge is 0.229 e. The Balaban J connectivity index is 1.19. The average molecular weight is 508 g/mol. The average Bonchev–Trinajstić information content (AvgIpc) is 3.26. The van der Waals surface area contributed by atoms with E-state index in [-0.39, 0.29) is 17.9 Å². The van der Waals surface area contributed by atoms with Crippen molar-refractivity contribution < 1.29 is 4.79 Å². The third kappa shape index (κ3) is 4.21. The summed E-state index contributed by atoms with van der Waals surface area (Å²) in [6.45, 7) is 5.15. The highest BCUT2D eigenvalue weighted by atomic mass is 16.2. The first-order valence-corrected chi connectivity index (χ1v) is 15.0. The molecule has 0 saturated heterocycles. The molecule has 5 aliphatic rings. The van der Waals surface area contributed by atoms with Crippen LogP contribution in [0.25, 0.3) is 11.3 Å². The van der Waals surface area contributed by atoms with E-state index in [0.29, 0.717) is 5.41 Å². The van der Waals surface area contributed by atoms with Crippen molar-refractivity contribution in [3.8, 4) is 11.3 Å². The summed E-state index contributed by atoms with van der Waals surface area (Å²) in [6, 6.07) is 19.6. The number of benzene rings is 2. The number of hydrogen-bond acceptors (Lipinski definition) is 2. The van der Waals surface area contributed by atoms with Crippen molar-refractivity contribution in [3.05, 3.63) is 77.0 Å². The number of nitrogens with one attached hydrogen (secondary N) is 1. The van der Waals surface area contributed by atoms with Crippen LogP contribution in [-0.2, 0) is 17.8 Å². The number of nitrogens with zero attached hydrogens (tertiary/aromatic N) is 2. The maximum Gasteiger partial charge on any atom is 0.229 e. The molecule has 4 fully saturated rings. The third-order valence-corrected chi connectivity index (χ3v) is 10.5. The maximum absolute atomic E-state index is 14.0. The summed E-state index contributed by atoms with van der Waals surface area (Å²) in [7, 11) is 0. The van der Waals surface area contributed by atoms with Crippen LogP contribution < -0.4 is 5.32 Å². The Morgan fingerprint density at radius 2 is 1.66 bits per heavy atom. The van der Waals surface area contributed by atoms with Crippen LogP contribution in [0.4, 0.5) is 0 Å². The number of aromatic nitrogens is 2. The molecule has 1 amide bonds. The minimum atomic E-state index is -0.156. The molecule has 0 aliphatic heterocycles. The molecule has 1 aromatic heterocycles. The van der Waals surface area contributed by atoms with Gasteiger partial charge in [0.15, 0.2) is 0 Å². The van der Waals surface area contributed by atoms with Crippen molar-refractivity contribution >= 4 is 5.91 Å². The zero-order valence-corrected chi connectivity index (χ0v) is 23.0. The summed E-state index contributed by atoms with van der Waals surface area (Å²) in [5.74, 6) is 2.73. The minimum Gasteiger partial charge on any atom is -0.353 e. The number of carbonyl (C=O) groups excluding carboxylic acids is 1. The van der Waals surface area contributed by atoms with Crippen LogP contribution in [0.15, 0.2) is 54.6 Å². The summed E-state index contributed by atoms with van der Waals surface area (Å²) >= 11 is 0. The van der Waals surface area contributed by atoms with Gasteiger partial charge in [-0.2, -0.15) is 5.10 Å². The Morgan fingerprint density at radius 3 is 2.32 bits per heavy atom. The van der Waals surface area contributed by atoms with E-state index in [0.717, 1.165) is 49.3 Å². The van der Waals surface area contributed by atoms with Crippen molar-refractivity contribution in [3.63, 3.8) is 0 Å². The fourth-order valence-corrected chi connectivity index (χ4v) is 9.00. The lowest BCUT2D eigenvalue weighted by atomic mass is 9.48. The molecule has 4 saturated carbocycles. The van der Waals surface area contributed by atoms with E-state index in [2.05, 4.69) is 78.4 Å². The van der Waals surface area contributed by atoms with Gasteiger partial charge >= 0.3 is 0 Å². The van der Waals surface area contributed by atoms with E-state index in [1.807, 2.05) is 0 Å². The summed E-state index contributed by atoms with van der Waals surface area (Å²) in [5.41, 5.74) is 7.49. The molecule has 4 nitrogen and oxygen atoms in total. The van der Waals surface area contributed by atoms with Gasteiger partial charge in [-0.05, 0) is 100 Å². The summed E-state index contributed by atoms with van der Waals surface area (Å²) in [5, 5.41) is 8.79. The predicted octanol–water partition coefficient (Wildman–Crippen LogP) is 7.05. The Labute approximate surface area is 227 Å². The summed E-state index contributed by atoms with van der Waals surface area (Å²) in [4.78, 5) is 14.0. The van der Waals surface area contributed by atoms with Crippen LogP contribution in [0.3, 0.4) is 0 Å². The molecular formula is C34H41N3O. The lowest BCUT2D eigenvalue weighted by Crippen LogP contribution is -2.56. The molecule has 2 aromatic carbocycles. The standard InChI is InChI=1S/C34H41N3O/c1-22-11-13-28(14-12-22)32-29-9-6-10-30(31(29)36-37(32)21-24-7-4-3-5-8-24)33(38)35-23(2)34-18-25-15-26(19-34)17-27(16-25)20-34/h3-5,7-8,11-14,23,25-27,30H,6,9-10,15-21H2,1-2H3,(H,35,38). The van der Waals surface area contributed by atoms with Crippen LogP contribution in [0, 0.1) is 30.1 Å². The second-order valence-corrected chi connectivity index (χ2v) is 13.2. The Hall–Kier alpha value is -2.88. The molecule has 0 spiro atoms. The van der Waals surface area contributed by atoms with Gasteiger partial charge in [0.1, 0.15) is 0 Å². The third-order valence-electron chi connectivity index (χ3n) is 10.5. The van der Waals surface area contributed by atoms with Crippen molar-refractivity contribution in [2.24, 2.45) is 23.2 Å². The first-order chi connectivity index (χ1) is 18.5. The highest BCUT2D eigenvalue weighted by Gasteiger charge is 2.53. The molecule has 4 heteroatoms. The lowest BCUT2D eigenvalue weighted by molar-refractivity contribution is -0.127. The van der Waals surface area contributed by atoms with Gasteiger partial charge in [0.25, 0.3) is 0 Å². The largest absolute Gasteiger partial charge is 0.353 e. The molecule has 2 atom stereocenters. The molecule has 3 aromatic rings. The van der Waals surface area contributed by atoms with Crippen molar-refractivity contribution in [1.29, 1.82) is 0 Å². The molecule has 198 valence electrons. The van der Waals surface area contributed by atoms with Crippen LogP contribution in [0.1, 0.15) is 86.6 Å². The number of rotatable bonds is 6.